The molecule has 3 nitrogen and oxygen atoms in total. The van der Waals surface area contributed by atoms with Gasteiger partial charge in [0.15, 0.2) is 5.78 Å². The first kappa shape index (κ1) is 15.7. The zero-order valence-electron chi connectivity index (χ0n) is 12.7. The highest BCUT2D eigenvalue weighted by molar-refractivity contribution is 6.26. The van der Waals surface area contributed by atoms with Crippen molar-refractivity contribution in [3.8, 4) is 0 Å². The van der Waals surface area contributed by atoms with Crippen LogP contribution in [0.1, 0.15) is 28.4 Å². The van der Waals surface area contributed by atoms with Crippen LogP contribution < -0.4 is 0 Å². The summed E-state index contributed by atoms with van der Waals surface area (Å²) in [6, 6.07) is 16.3. The average molecular weight is 294 g/mol. The number of aryl methyl sites for hydroxylation is 1. The number of carbonyl (C=O) groups is 2. The van der Waals surface area contributed by atoms with Gasteiger partial charge in [0, 0.05) is 5.56 Å². The van der Waals surface area contributed by atoms with E-state index in [-0.39, 0.29) is 18.0 Å². The van der Waals surface area contributed by atoms with Crippen molar-refractivity contribution in [1.82, 2.24) is 0 Å². The van der Waals surface area contributed by atoms with Gasteiger partial charge in [0.05, 0.1) is 6.61 Å². The molecule has 2 rings (SSSR count). The number of ether oxygens (including phenoxy) is 1. The fourth-order valence-corrected chi connectivity index (χ4v) is 2.08. The highest BCUT2D eigenvalue weighted by Crippen LogP contribution is 2.17. The van der Waals surface area contributed by atoms with Crippen molar-refractivity contribution in [3.63, 3.8) is 0 Å². The molecule has 0 aliphatic rings. The number of hydrogen-bond acceptors (Lipinski definition) is 3. The molecule has 0 radical (unpaired) electrons. The monoisotopic (exact) mass is 294 g/mol. The van der Waals surface area contributed by atoms with Crippen molar-refractivity contribution >= 4 is 17.8 Å². The van der Waals surface area contributed by atoms with Crippen molar-refractivity contribution in [1.29, 1.82) is 0 Å². The molecule has 0 fully saturated rings. The summed E-state index contributed by atoms with van der Waals surface area (Å²) in [5.41, 5.74) is 2.33. The first-order valence-electron chi connectivity index (χ1n) is 7.17. The minimum absolute atomic E-state index is 0.0438. The van der Waals surface area contributed by atoms with Crippen LogP contribution in [0.5, 0.6) is 0 Å². The Balaban J connectivity index is 2.46. The number of ketones is 1. The molecular formula is C19H18O3. The number of carbonyl (C=O) groups excluding carboxylic acids is 2. The number of rotatable bonds is 5. The van der Waals surface area contributed by atoms with Gasteiger partial charge in [-0.1, -0.05) is 54.6 Å². The van der Waals surface area contributed by atoms with Gasteiger partial charge in [0.1, 0.15) is 5.57 Å². The second-order valence-electron chi connectivity index (χ2n) is 4.83. The molecule has 0 aliphatic heterocycles. The largest absolute Gasteiger partial charge is 0.462 e. The van der Waals surface area contributed by atoms with E-state index >= 15 is 0 Å². The minimum Gasteiger partial charge on any atom is -0.462 e. The van der Waals surface area contributed by atoms with E-state index in [0.29, 0.717) is 5.56 Å². The molecule has 2 aromatic rings. The molecule has 2 aromatic carbocycles. The Morgan fingerprint density at radius 2 is 1.64 bits per heavy atom. The molecule has 3 heteroatoms. The molecule has 0 atom stereocenters. The van der Waals surface area contributed by atoms with Crippen molar-refractivity contribution in [2.24, 2.45) is 0 Å². The lowest BCUT2D eigenvalue weighted by atomic mass is 9.99. The topological polar surface area (TPSA) is 43.4 Å². The average Bonchev–Trinajstić information content (AvgIpc) is 2.54. The zero-order chi connectivity index (χ0) is 15.9. The van der Waals surface area contributed by atoms with Crippen molar-refractivity contribution in [2.75, 3.05) is 6.61 Å². The van der Waals surface area contributed by atoms with E-state index in [1.54, 1.807) is 37.3 Å². The molecule has 0 bridgehead atoms. The van der Waals surface area contributed by atoms with E-state index in [9.17, 15) is 9.59 Å². The third-order valence-corrected chi connectivity index (χ3v) is 3.26. The van der Waals surface area contributed by atoms with E-state index in [4.69, 9.17) is 4.74 Å². The van der Waals surface area contributed by atoms with Crippen LogP contribution in [0.4, 0.5) is 0 Å². The molecule has 112 valence electrons. The zero-order valence-corrected chi connectivity index (χ0v) is 12.7. The maximum Gasteiger partial charge on any atom is 0.342 e. The SMILES string of the molecule is CCOC(=O)C(=Cc1ccccc1C)C(=O)c1ccccc1. The minimum atomic E-state index is -0.598. The van der Waals surface area contributed by atoms with Crippen LogP contribution in [-0.4, -0.2) is 18.4 Å². The maximum atomic E-state index is 12.6. The van der Waals surface area contributed by atoms with E-state index in [2.05, 4.69) is 0 Å². The smallest absolute Gasteiger partial charge is 0.342 e. The van der Waals surface area contributed by atoms with Crippen molar-refractivity contribution < 1.29 is 14.3 Å². The van der Waals surface area contributed by atoms with Crippen LogP contribution >= 0.6 is 0 Å². The lowest BCUT2D eigenvalue weighted by molar-refractivity contribution is -0.137. The Morgan fingerprint density at radius 1 is 1.00 bits per heavy atom. The molecule has 0 unspecified atom stereocenters. The van der Waals surface area contributed by atoms with Crippen molar-refractivity contribution in [2.45, 2.75) is 13.8 Å². The van der Waals surface area contributed by atoms with Crippen LogP contribution in [0, 0.1) is 6.92 Å². The van der Waals surface area contributed by atoms with Crippen LogP contribution in [0.3, 0.4) is 0 Å². The molecule has 0 aliphatic carbocycles. The number of esters is 1. The standard InChI is InChI=1S/C19H18O3/c1-3-22-19(21)17(13-16-12-8-7-9-14(16)2)18(20)15-10-5-4-6-11-15/h4-13H,3H2,1-2H3. The van der Waals surface area contributed by atoms with Gasteiger partial charge in [-0.2, -0.15) is 0 Å². The number of benzene rings is 2. The second-order valence-corrected chi connectivity index (χ2v) is 4.83. The summed E-state index contributed by atoms with van der Waals surface area (Å²) in [7, 11) is 0. The Bertz CT molecular complexity index is 700. The van der Waals surface area contributed by atoms with Crippen molar-refractivity contribution in [3.05, 3.63) is 76.9 Å². The normalized spacial score (nSPS) is 11.1. The van der Waals surface area contributed by atoms with Gasteiger partial charge >= 0.3 is 5.97 Å². The summed E-state index contributed by atoms with van der Waals surface area (Å²) >= 11 is 0. The van der Waals surface area contributed by atoms with Gasteiger partial charge in [-0.3, -0.25) is 4.79 Å². The van der Waals surface area contributed by atoms with Gasteiger partial charge in [-0.05, 0) is 31.1 Å². The Kier molecular flexibility index (Phi) is 5.26. The third-order valence-electron chi connectivity index (χ3n) is 3.26. The molecular weight excluding hydrogens is 276 g/mol. The first-order valence-corrected chi connectivity index (χ1v) is 7.17. The molecule has 0 N–H and O–H groups in total. The molecule has 22 heavy (non-hydrogen) atoms. The third kappa shape index (κ3) is 3.70. The van der Waals surface area contributed by atoms with Gasteiger partial charge in [-0.15, -0.1) is 0 Å². The summed E-state index contributed by atoms with van der Waals surface area (Å²) in [5, 5.41) is 0. The predicted molar refractivity (Wildman–Crippen MR) is 86.6 cm³/mol. The van der Waals surface area contributed by atoms with Gasteiger partial charge in [0.25, 0.3) is 0 Å². The van der Waals surface area contributed by atoms with Crippen LogP contribution in [0.25, 0.3) is 6.08 Å². The fraction of sp³-hybridized carbons (Fsp3) is 0.158. The molecule has 0 saturated carbocycles. The molecule has 0 aromatic heterocycles. The van der Waals surface area contributed by atoms with Gasteiger partial charge < -0.3 is 4.74 Å². The molecule has 0 heterocycles. The lowest BCUT2D eigenvalue weighted by Gasteiger charge is -2.08. The Morgan fingerprint density at radius 3 is 2.27 bits per heavy atom. The first-order chi connectivity index (χ1) is 10.6. The molecule has 0 spiro atoms. The van der Waals surface area contributed by atoms with E-state index < -0.39 is 5.97 Å². The highest BCUT2D eigenvalue weighted by atomic mass is 16.5. The number of Topliss-reactive ketones (excluding diaryl/α,β-unsaturated/α-hetero) is 1. The maximum absolute atomic E-state index is 12.6. The van der Waals surface area contributed by atoms with E-state index in [1.165, 1.54) is 0 Å². The summed E-state index contributed by atoms with van der Waals surface area (Å²) in [6.45, 7) is 3.88. The van der Waals surface area contributed by atoms with Crippen LogP contribution in [0.2, 0.25) is 0 Å². The van der Waals surface area contributed by atoms with Gasteiger partial charge in [-0.25, -0.2) is 4.79 Å². The highest BCUT2D eigenvalue weighted by Gasteiger charge is 2.21. The summed E-state index contributed by atoms with van der Waals surface area (Å²) < 4.78 is 5.03. The van der Waals surface area contributed by atoms with Crippen LogP contribution in [0.15, 0.2) is 60.2 Å². The summed E-state index contributed by atoms with van der Waals surface area (Å²) in [5.74, 6) is -0.929. The molecule has 0 saturated heterocycles. The van der Waals surface area contributed by atoms with Gasteiger partial charge in [0.2, 0.25) is 0 Å². The fourth-order valence-electron chi connectivity index (χ4n) is 2.08. The summed E-state index contributed by atoms with van der Waals surface area (Å²) in [4.78, 5) is 24.8. The van der Waals surface area contributed by atoms with Crippen LogP contribution in [-0.2, 0) is 9.53 Å². The quantitative estimate of drug-likeness (QED) is 0.277. The predicted octanol–water partition coefficient (Wildman–Crippen LogP) is 3.82. The number of hydrogen-bond donors (Lipinski definition) is 0. The van der Waals surface area contributed by atoms with E-state index in [1.807, 2.05) is 37.3 Å². The lowest BCUT2D eigenvalue weighted by Crippen LogP contribution is -2.16. The Labute approximate surface area is 130 Å². The Hall–Kier alpha value is -2.68. The van der Waals surface area contributed by atoms with E-state index in [0.717, 1.165) is 11.1 Å². The second kappa shape index (κ2) is 7.36. The molecule has 0 amide bonds. The summed E-state index contributed by atoms with van der Waals surface area (Å²) in [6.07, 6.45) is 1.60.